The molecule has 1 saturated carbocycles. The van der Waals surface area contributed by atoms with Gasteiger partial charge in [0.05, 0.1) is 12.1 Å². The minimum absolute atomic E-state index is 0.543. The van der Waals surface area contributed by atoms with Crippen molar-refractivity contribution in [3.8, 4) is 0 Å². The van der Waals surface area contributed by atoms with Gasteiger partial charge in [0.1, 0.15) is 0 Å². The number of nitrogens with zero attached hydrogens (tertiary/aromatic N) is 3. The van der Waals surface area contributed by atoms with Gasteiger partial charge in [0.25, 0.3) is 0 Å². The number of aliphatic imine (C=N–C) groups is 1. The van der Waals surface area contributed by atoms with Crippen molar-refractivity contribution < 1.29 is 5.11 Å². The summed E-state index contributed by atoms with van der Waals surface area (Å²) in [5.41, 5.74) is -0.557. The van der Waals surface area contributed by atoms with E-state index >= 15 is 0 Å². The number of hydrogen-bond donors (Lipinski definition) is 2. The molecule has 1 heterocycles. The van der Waals surface area contributed by atoms with E-state index in [1.807, 2.05) is 0 Å². The molecule has 128 valence electrons. The summed E-state index contributed by atoms with van der Waals surface area (Å²) >= 11 is 0. The van der Waals surface area contributed by atoms with Crippen molar-refractivity contribution in [1.82, 2.24) is 15.1 Å². The van der Waals surface area contributed by atoms with E-state index in [9.17, 15) is 5.11 Å². The van der Waals surface area contributed by atoms with Gasteiger partial charge in [-0.25, -0.2) is 0 Å². The molecule has 0 aromatic carbocycles. The molecule has 5 heteroatoms. The lowest BCUT2D eigenvalue weighted by molar-refractivity contribution is 0.0572. The SMILES string of the molecule is CCNC(=NCC1(O)CCCC1)N1CCC(N(CC)CC)C1. The lowest BCUT2D eigenvalue weighted by Gasteiger charge is -2.28. The number of likely N-dealkylation sites (N-methyl/N-ethyl adjacent to an activating group) is 1. The minimum Gasteiger partial charge on any atom is -0.388 e. The van der Waals surface area contributed by atoms with Gasteiger partial charge in [-0.1, -0.05) is 26.7 Å². The highest BCUT2D eigenvalue weighted by Gasteiger charge is 2.32. The van der Waals surface area contributed by atoms with E-state index in [2.05, 4.69) is 35.9 Å². The van der Waals surface area contributed by atoms with Gasteiger partial charge in [-0.05, 0) is 39.3 Å². The Bertz CT molecular complexity index is 362. The van der Waals surface area contributed by atoms with Crippen LogP contribution in [0.25, 0.3) is 0 Å². The van der Waals surface area contributed by atoms with Crippen LogP contribution < -0.4 is 5.32 Å². The van der Waals surface area contributed by atoms with Crippen LogP contribution in [-0.2, 0) is 0 Å². The quantitative estimate of drug-likeness (QED) is 0.579. The average molecular weight is 310 g/mol. The standard InChI is InChI=1S/C17H34N4O/c1-4-18-16(19-14-17(22)10-7-8-11-17)21-12-9-15(13-21)20(5-2)6-3/h15,22H,4-14H2,1-3H3,(H,18,19). The highest BCUT2D eigenvalue weighted by atomic mass is 16.3. The molecule has 22 heavy (non-hydrogen) atoms. The summed E-state index contributed by atoms with van der Waals surface area (Å²) in [6.07, 6.45) is 5.28. The third-order valence-electron chi connectivity index (χ3n) is 5.18. The third kappa shape index (κ3) is 4.35. The van der Waals surface area contributed by atoms with Crippen LogP contribution in [0, 0.1) is 0 Å². The molecular weight excluding hydrogens is 276 g/mol. The molecule has 0 aromatic rings. The van der Waals surface area contributed by atoms with Crippen LogP contribution in [0.15, 0.2) is 4.99 Å². The molecule has 2 N–H and O–H groups in total. The lowest BCUT2D eigenvalue weighted by Crippen LogP contribution is -2.44. The van der Waals surface area contributed by atoms with Crippen LogP contribution in [0.4, 0.5) is 0 Å². The highest BCUT2D eigenvalue weighted by molar-refractivity contribution is 5.80. The van der Waals surface area contributed by atoms with Gasteiger partial charge in [0.15, 0.2) is 5.96 Å². The van der Waals surface area contributed by atoms with Crippen molar-refractivity contribution in [2.45, 2.75) is 64.5 Å². The molecule has 0 radical (unpaired) electrons. The van der Waals surface area contributed by atoms with Gasteiger partial charge in [0, 0.05) is 25.7 Å². The second-order valence-electron chi connectivity index (χ2n) is 6.71. The van der Waals surface area contributed by atoms with Crippen LogP contribution in [0.1, 0.15) is 52.9 Å². The number of hydrogen-bond acceptors (Lipinski definition) is 3. The normalized spacial score (nSPS) is 25.2. The summed E-state index contributed by atoms with van der Waals surface area (Å²) in [5, 5.41) is 13.9. The fraction of sp³-hybridized carbons (Fsp3) is 0.941. The third-order valence-corrected chi connectivity index (χ3v) is 5.18. The molecule has 1 atom stereocenters. The van der Waals surface area contributed by atoms with Crippen LogP contribution in [0.3, 0.4) is 0 Å². The van der Waals surface area contributed by atoms with Crippen molar-refractivity contribution in [3.63, 3.8) is 0 Å². The molecule has 0 aromatic heterocycles. The number of rotatable bonds is 6. The number of likely N-dealkylation sites (tertiary alicyclic amines) is 1. The smallest absolute Gasteiger partial charge is 0.194 e. The zero-order chi connectivity index (χ0) is 16.0. The fourth-order valence-electron chi connectivity index (χ4n) is 3.81. The molecule has 1 saturated heterocycles. The second kappa shape index (κ2) is 8.16. The Balaban J connectivity index is 1.96. The number of aliphatic hydroxyl groups is 1. The Labute approximate surface area is 135 Å². The maximum absolute atomic E-state index is 10.5. The van der Waals surface area contributed by atoms with Gasteiger partial charge < -0.3 is 15.3 Å². The zero-order valence-corrected chi connectivity index (χ0v) is 14.6. The van der Waals surface area contributed by atoms with Crippen LogP contribution in [0.2, 0.25) is 0 Å². The summed E-state index contributed by atoms with van der Waals surface area (Å²) in [6.45, 7) is 12.3. The number of nitrogens with one attached hydrogen (secondary N) is 1. The molecular formula is C17H34N4O. The van der Waals surface area contributed by atoms with Crippen LogP contribution >= 0.6 is 0 Å². The van der Waals surface area contributed by atoms with Crippen molar-refractivity contribution in [2.24, 2.45) is 4.99 Å². The summed E-state index contributed by atoms with van der Waals surface area (Å²) in [4.78, 5) is 9.66. The highest BCUT2D eigenvalue weighted by Crippen LogP contribution is 2.29. The lowest BCUT2D eigenvalue weighted by atomic mass is 10.0. The molecule has 0 amide bonds. The molecule has 2 fully saturated rings. The first-order valence-electron chi connectivity index (χ1n) is 9.11. The first-order chi connectivity index (χ1) is 10.6. The van der Waals surface area contributed by atoms with E-state index in [-0.39, 0.29) is 0 Å². The fourth-order valence-corrected chi connectivity index (χ4v) is 3.81. The molecule has 5 nitrogen and oxygen atoms in total. The minimum atomic E-state index is -0.557. The molecule has 2 rings (SSSR count). The monoisotopic (exact) mass is 310 g/mol. The number of guanidine groups is 1. The first kappa shape index (κ1) is 17.5. The van der Waals surface area contributed by atoms with Crippen molar-refractivity contribution in [2.75, 3.05) is 39.3 Å². The molecule has 1 unspecified atom stereocenters. The molecule has 2 aliphatic rings. The Morgan fingerprint density at radius 2 is 1.95 bits per heavy atom. The topological polar surface area (TPSA) is 51.1 Å². The maximum Gasteiger partial charge on any atom is 0.194 e. The Kier molecular flexibility index (Phi) is 6.50. The molecule has 0 bridgehead atoms. The second-order valence-corrected chi connectivity index (χ2v) is 6.71. The summed E-state index contributed by atoms with van der Waals surface area (Å²) in [5.74, 6) is 0.984. The largest absolute Gasteiger partial charge is 0.388 e. The predicted octanol–water partition coefficient (Wildman–Crippen LogP) is 1.67. The van der Waals surface area contributed by atoms with Gasteiger partial charge >= 0.3 is 0 Å². The molecule has 1 aliphatic heterocycles. The predicted molar refractivity (Wildman–Crippen MR) is 92.3 cm³/mol. The van der Waals surface area contributed by atoms with Gasteiger partial charge in [-0.15, -0.1) is 0 Å². The molecule has 1 aliphatic carbocycles. The average Bonchev–Trinajstić information content (AvgIpc) is 3.15. The Hall–Kier alpha value is -0.810. The van der Waals surface area contributed by atoms with E-state index in [0.29, 0.717) is 12.6 Å². The van der Waals surface area contributed by atoms with E-state index in [1.54, 1.807) is 0 Å². The van der Waals surface area contributed by atoms with E-state index in [1.165, 1.54) is 6.42 Å². The zero-order valence-electron chi connectivity index (χ0n) is 14.6. The van der Waals surface area contributed by atoms with E-state index in [4.69, 9.17) is 4.99 Å². The van der Waals surface area contributed by atoms with Crippen molar-refractivity contribution in [1.29, 1.82) is 0 Å². The van der Waals surface area contributed by atoms with Gasteiger partial charge in [-0.3, -0.25) is 9.89 Å². The summed E-state index contributed by atoms with van der Waals surface area (Å²) in [6, 6.07) is 0.633. The first-order valence-corrected chi connectivity index (χ1v) is 9.11. The van der Waals surface area contributed by atoms with Gasteiger partial charge in [-0.2, -0.15) is 0 Å². The van der Waals surface area contributed by atoms with Crippen LogP contribution in [-0.4, -0.2) is 71.8 Å². The summed E-state index contributed by atoms with van der Waals surface area (Å²) in [7, 11) is 0. The Morgan fingerprint density at radius 3 is 2.55 bits per heavy atom. The summed E-state index contributed by atoms with van der Waals surface area (Å²) < 4.78 is 0. The van der Waals surface area contributed by atoms with Crippen molar-refractivity contribution in [3.05, 3.63) is 0 Å². The van der Waals surface area contributed by atoms with Crippen molar-refractivity contribution >= 4 is 5.96 Å². The molecule has 0 spiro atoms. The van der Waals surface area contributed by atoms with E-state index < -0.39 is 5.60 Å². The van der Waals surface area contributed by atoms with Gasteiger partial charge in [0.2, 0.25) is 0 Å². The van der Waals surface area contributed by atoms with E-state index in [0.717, 1.165) is 64.4 Å². The van der Waals surface area contributed by atoms with Crippen LogP contribution in [0.5, 0.6) is 0 Å². The Morgan fingerprint density at radius 1 is 1.27 bits per heavy atom. The maximum atomic E-state index is 10.5.